The highest BCUT2D eigenvalue weighted by Gasteiger charge is 2.39. The van der Waals surface area contributed by atoms with E-state index < -0.39 is 5.92 Å². The number of nitrogens with zero attached hydrogens (tertiary/aromatic N) is 2. The van der Waals surface area contributed by atoms with Crippen molar-refractivity contribution in [2.24, 2.45) is 5.73 Å². The number of nitriles is 1. The van der Waals surface area contributed by atoms with E-state index >= 15 is 0 Å². The Morgan fingerprint density at radius 2 is 2.11 bits per heavy atom. The van der Waals surface area contributed by atoms with Gasteiger partial charge in [-0.25, -0.2) is 0 Å². The van der Waals surface area contributed by atoms with Crippen LogP contribution in [0.15, 0.2) is 39.3 Å². The van der Waals surface area contributed by atoms with Crippen molar-refractivity contribution in [3.63, 3.8) is 0 Å². The quantitative estimate of drug-likeness (QED) is 0.783. The Morgan fingerprint density at radius 1 is 1.37 bits per heavy atom. The molecule has 3 rings (SSSR count). The number of allylic oxidation sites excluding steroid dienone is 3. The molecule has 0 fully saturated rings. The van der Waals surface area contributed by atoms with Crippen LogP contribution in [0, 0.1) is 11.3 Å². The van der Waals surface area contributed by atoms with Gasteiger partial charge >= 0.3 is 0 Å². The third kappa shape index (κ3) is 3.19. The molecule has 0 amide bonds. The van der Waals surface area contributed by atoms with Gasteiger partial charge in [0.05, 0.1) is 31.3 Å². The number of halogens is 1. The van der Waals surface area contributed by atoms with Crippen LogP contribution in [0.5, 0.6) is 11.5 Å². The van der Waals surface area contributed by atoms with Gasteiger partial charge < -0.3 is 20.1 Å². The predicted octanol–water partition coefficient (Wildman–Crippen LogP) is 3.59. The van der Waals surface area contributed by atoms with E-state index in [0.717, 1.165) is 28.6 Å². The molecule has 7 heteroatoms. The number of hydrogen-bond donors (Lipinski definition) is 1. The SMILES string of the molecule is CCOc1cc(Br)c([C@H]2C(C#N)=C(N)N(C)C3=C2C(=O)CCC3)cc1OC. The largest absolute Gasteiger partial charge is 0.493 e. The zero-order valence-electron chi connectivity index (χ0n) is 15.6. The maximum Gasteiger partial charge on any atom is 0.162 e. The summed E-state index contributed by atoms with van der Waals surface area (Å²) in [6.45, 7) is 2.40. The maximum atomic E-state index is 12.8. The summed E-state index contributed by atoms with van der Waals surface area (Å²) in [6, 6.07) is 5.86. The normalized spacial score (nSPS) is 19.7. The molecule has 1 heterocycles. The number of benzene rings is 1. The summed E-state index contributed by atoms with van der Waals surface area (Å²) in [5.41, 5.74) is 8.97. The average molecular weight is 432 g/mol. The van der Waals surface area contributed by atoms with Crippen molar-refractivity contribution < 1.29 is 14.3 Å². The highest BCUT2D eigenvalue weighted by molar-refractivity contribution is 9.10. The number of nitrogens with two attached hydrogens (primary N) is 1. The molecule has 6 nitrogen and oxygen atoms in total. The van der Waals surface area contributed by atoms with Gasteiger partial charge in [-0.1, -0.05) is 15.9 Å². The number of methoxy groups -OCH3 is 1. The molecule has 142 valence electrons. The van der Waals surface area contributed by atoms with E-state index in [4.69, 9.17) is 15.2 Å². The van der Waals surface area contributed by atoms with Gasteiger partial charge in [-0.3, -0.25) is 4.79 Å². The number of carbonyl (C=O) groups excluding carboxylic acids is 1. The van der Waals surface area contributed by atoms with Crippen LogP contribution in [0.4, 0.5) is 0 Å². The fraction of sp³-hybridized carbons (Fsp3) is 0.400. The maximum absolute atomic E-state index is 12.8. The molecule has 0 aromatic heterocycles. The molecular formula is C20H22BrN3O3. The molecule has 27 heavy (non-hydrogen) atoms. The molecule has 0 spiro atoms. The molecule has 0 radical (unpaired) electrons. The van der Waals surface area contributed by atoms with Gasteiger partial charge in [-0.15, -0.1) is 0 Å². The van der Waals surface area contributed by atoms with Crippen molar-refractivity contribution in [1.82, 2.24) is 4.90 Å². The van der Waals surface area contributed by atoms with Gasteiger partial charge in [0.25, 0.3) is 0 Å². The van der Waals surface area contributed by atoms with Gasteiger partial charge in [-0.2, -0.15) is 5.26 Å². The number of Topliss-reactive ketones (excluding diaryl/α,β-unsaturated/α-hetero) is 1. The molecule has 1 aromatic rings. The van der Waals surface area contributed by atoms with Crippen LogP contribution < -0.4 is 15.2 Å². The van der Waals surface area contributed by atoms with Crippen LogP contribution in [0.1, 0.15) is 37.7 Å². The minimum atomic E-state index is -0.520. The Kier molecular flexibility index (Phi) is 5.47. The summed E-state index contributed by atoms with van der Waals surface area (Å²) in [7, 11) is 3.38. The molecule has 0 saturated carbocycles. The van der Waals surface area contributed by atoms with Crippen molar-refractivity contribution in [2.75, 3.05) is 20.8 Å². The van der Waals surface area contributed by atoms with Crippen molar-refractivity contribution in [3.05, 3.63) is 44.8 Å². The fourth-order valence-electron chi connectivity index (χ4n) is 3.77. The van der Waals surface area contributed by atoms with Crippen LogP contribution in [-0.2, 0) is 4.79 Å². The summed E-state index contributed by atoms with van der Waals surface area (Å²) in [5.74, 6) is 1.08. The summed E-state index contributed by atoms with van der Waals surface area (Å²) in [4.78, 5) is 14.6. The highest BCUT2D eigenvalue weighted by Crippen LogP contribution is 2.48. The van der Waals surface area contributed by atoms with E-state index in [0.29, 0.717) is 41.5 Å². The Morgan fingerprint density at radius 3 is 2.74 bits per heavy atom. The predicted molar refractivity (Wildman–Crippen MR) is 105 cm³/mol. The van der Waals surface area contributed by atoms with E-state index in [-0.39, 0.29) is 5.78 Å². The van der Waals surface area contributed by atoms with Crippen LogP contribution in [0.25, 0.3) is 0 Å². The first kappa shape index (κ1) is 19.3. The third-order valence-corrected chi connectivity index (χ3v) is 5.75. The summed E-state index contributed by atoms with van der Waals surface area (Å²) in [5, 5.41) is 9.82. The first-order chi connectivity index (χ1) is 12.9. The minimum Gasteiger partial charge on any atom is -0.493 e. The number of rotatable bonds is 4. The van der Waals surface area contributed by atoms with Gasteiger partial charge in [0, 0.05) is 29.2 Å². The average Bonchev–Trinajstić information content (AvgIpc) is 2.65. The second kappa shape index (κ2) is 7.65. The molecule has 1 aliphatic carbocycles. The lowest BCUT2D eigenvalue weighted by Gasteiger charge is -2.38. The summed E-state index contributed by atoms with van der Waals surface area (Å²) in [6.07, 6.45) is 2.03. The van der Waals surface area contributed by atoms with Crippen molar-refractivity contribution in [2.45, 2.75) is 32.1 Å². The lowest BCUT2D eigenvalue weighted by atomic mass is 9.76. The Balaban J connectivity index is 2.25. The number of hydrogen-bond acceptors (Lipinski definition) is 6. The van der Waals surface area contributed by atoms with Crippen LogP contribution in [0.3, 0.4) is 0 Å². The number of ether oxygens (including phenoxy) is 2. The van der Waals surface area contributed by atoms with Gasteiger partial charge in [0.2, 0.25) is 0 Å². The van der Waals surface area contributed by atoms with Gasteiger partial charge in [0.1, 0.15) is 5.82 Å². The molecule has 1 atom stereocenters. The third-order valence-electron chi connectivity index (χ3n) is 5.06. The Bertz CT molecular complexity index is 898. The number of ketones is 1. The molecule has 0 saturated heterocycles. The first-order valence-corrected chi connectivity index (χ1v) is 9.63. The van der Waals surface area contributed by atoms with Crippen LogP contribution >= 0.6 is 15.9 Å². The van der Waals surface area contributed by atoms with Gasteiger partial charge in [-0.05, 0) is 37.5 Å². The van der Waals surface area contributed by atoms with E-state index in [9.17, 15) is 10.1 Å². The smallest absolute Gasteiger partial charge is 0.162 e. The van der Waals surface area contributed by atoms with Crippen molar-refractivity contribution in [1.29, 1.82) is 5.26 Å². The van der Waals surface area contributed by atoms with E-state index in [1.54, 1.807) is 12.0 Å². The Labute approximate surface area is 167 Å². The van der Waals surface area contributed by atoms with E-state index in [1.165, 1.54) is 0 Å². The molecule has 0 unspecified atom stereocenters. The second-order valence-corrected chi connectivity index (χ2v) is 7.35. The van der Waals surface area contributed by atoms with Crippen molar-refractivity contribution >= 4 is 21.7 Å². The van der Waals surface area contributed by atoms with Crippen molar-refractivity contribution in [3.8, 4) is 17.6 Å². The lowest BCUT2D eigenvalue weighted by molar-refractivity contribution is -0.116. The molecule has 1 aromatic carbocycles. The monoisotopic (exact) mass is 431 g/mol. The van der Waals surface area contributed by atoms with Gasteiger partial charge in [0.15, 0.2) is 17.3 Å². The summed E-state index contributed by atoms with van der Waals surface area (Å²) >= 11 is 3.59. The van der Waals surface area contributed by atoms with E-state index in [1.807, 2.05) is 26.1 Å². The lowest BCUT2D eigenvalue weighted by Crippen LogP contribution is -2.36. The molecule has 2 N–H and O–H groups in total. The topological polar surface area (TPSA) is 88.6 Å². The van der Waals surface area contributed by atoms with Crippen LogP contribution in [0.2, 0.25) is 0 Å². The second-order valence-electron chi connectivity index (χ2n) is 6.50. The molecular weight excluding hydrogens is 410 g/mol. The summed E-state index contributed by atoms with van der Waals surface area (Å²) < 4.78 is 11.8. The van der Waals surface area contributed by atoms with Crippen LogP contribution in [-0.4, -0.2) is 31.4 Å². The molecule has 1 aliphatic heterocycles. The van der Waals surface area contributed by atoms with E-state index in [2.05, 4.69) is 22.0 Å². The fourth-order valence-corrected chi connectivity index (χ4v) is 4.32. The Hall–Kier alpha value is -2.46. The molecule has 2 aliphatic rings. The standard InChI is InChI=1S/C20H22BrN3O3/c1-4-27-17-9-13(21)11(8-16(17)26-3)18-12(10-22)20(23)24(2)14-6-5-7-15(25)19(14)18/h8-9,18H,4-7,23H2,1-3H3/t18-/m0/s1. The first-order valence-electron chi connectivity index (χ1n) is 8.84. The highest BCUT2D eigenvalue weighted by atomic mass is 79.9. The minimum absolute atomic E-state index is 0.0631. The molecule has 0 bridgehead atoms. The zero-order chi connectivity index (χ0) is 19.7. The zero-order valence-corrected chi connectivity index (χ0v) is 17.2. The number of carbonyl (C=O) groups is 1.